The van der Waals surface area contributed by atoms with Crippen LogP contribution in [-0.2, 0) is 4.74 Å². The van der Waals surface area contributed by atoms with Crippen molar-refractivity contribution in [2.45, 2.75) is 77.5 Å². The summed E-state index contributed by atoms with van der Waals surface area (Å²) in [5, 5.41) is 0. The summed E-state index contributed by atoms with van der Waals surface area (Å²) in [6, 6.07) is 7.69. The second-order valence-electron chi connectivity index (χ2n) is 8.68. The molecular formula is C22H31NO4. The van der Waals surface area contributed by atoms with Gasteiger partial charge in [0.25, 0.3) is 0 Å². The molecule has 0 radical (unpaired) electrons. The summed E-state index contributed by atoms with van der Waals surface area (Å²) in [7, 11) is 0. The molecule has 3 rings (SSSR count). The molecule has 5 nitrogen and oxygen atoms in total. The molecule has 0 spiro atoms. The molecule has 1 aromatic carbocycles. The molecule has 2 bridgehead atoms. The predicted molar refractivity (Wildman–Crippen MR) is 104 cm³/mol. The molecule has 2 atom stereocenters. The van der Waals surface area contributed by atoms with Crippen LogP contribution in [-0.4, -0.2) is 41.1 Å². The molecular weight excluding hydrogens is 342 g/mol. The summed E-state index contributed by atoms with van der Waals surface area (Å²) in [4.78, 5) is 27.5. The third-order valence-electron chi connectivity index (χ3n) is 5.30. The van der Waals surface area contributed by atoms with Gasteiger partial charge in [0.05, 0.1) is 6.61 Å². The van der Waals surface area contributed by atoms with Crippen LogP contribution in [0.2, 0.25) is 0 Å². The summed E-state index contributed by atoms with van der Waals surface area (Å²) < 4.78 is 11.2. The smallest absolute Gasteiger partial charge is 0.410 e. The minimum Gasteiger partial charge on any atom is -0.494 e. The zero-order valence-corrected chi connectivity index (χ0v) is 16.9. The van der Waals surface area contributed by atoms with Crippen LogP contribution in [0.15, 0.2) is 24.3 Å². The van der Waals surface area contributed by atoms with E-state index in [1.54, 1.807) is 0 Å². The highest BCUT2D eigenvalue weighted by Gasteiger charge is 2.46. The first-order valence-electron chi connectivity index (χ1n) is 10.1. The number of ether oxygens (including phenoxy) is 2. The summed E-state index contributed by atoms with van der Waals surface area (Å²) >= 11 is 0. The maximum absolute atomic E-state index is 13.1. The summed E-state index contributed by atoms with van der Waals surface area (Å²) in [5.74, 6) is 0.872. The number of ketones is 1. The standard InChI is InChI=1S/C22H31NO4/c1-5-11-26-19-8-6-7-15(14-19)20(24)16-12-17-9-10-18(13-16)23(17)21(25)27-22(2,3)4/h6-8,14,16-18H,5,9-13H2,1-4H3. The molecule has 2 saturated heterocycles. The fourth-order valence-electron chi connectivity index (χ4n) is 4.20. The van der Waals surface area contributed by atoms with Crippen molar-refractivity contribution in [2.75, 3.05) is 6.61 Å². The third-order valence-corrected chi connectivity index (χ3v) is 5.30. The maximum Gasteiger partial charge on any atom is 0.410 e. The van der Waals surface area contributed by atoms with E-state index < -0.39 is 5.60 Å². The zero-order chi connectivity index (χ0) is 19.6. The van der Waals surface area contributed by atoms with Gasteiger partial charge in [0, 0.05) is 23.6 Å². The largest absolute Gasteiger partial charge is 0.494 e. The van der Waals surface area contributed by atoms with Gasteiger partial charge in [-0.1, -0.05) is 19.1 Å². The summed E-state index contributed by atoms with van der Waals surface area (Å²) in [5.41, 5.74) is 0.209. The van der Waals surface area contributed by atoms with Crippen LogP contribution < -0.4 is 4.74 Å². The molecule has 0 N–H and O–H groups in total. The number of nitrogens with zero attached hydrogens (tertiary/aromatic N) is 1. The van der Waals surface area contributed by atoms with E-state index in [2.05, 4.69) is 6.92 Å². The molecule has 2 aliphatic heterocycles. The molecule has 2 unspecified atom stereocenters. The highest BCUT2D eigenvalue weighted by molar-refractivity contribution is 5.98. The Bertz CT molecular complexity index is 680. The average molecular weight is 373 g/mol. The number of hydrogen-bond acceptors (Lipinski definition) is 4. The van der Waals surface area contributed by atoms with Crippen LogP contribution >= 0.6 is 0 Å². The summed E-state index contributed by atoms with van der Waals surface area (Å²) in [6.07, 6.45) is 4.03. The first-order valence-corrected chi connectivity index (χ1v) is 10.1. The second-order valence-corrected chi connectivity index (χ2v) is 8.68. The molecule has 2 fully saturated rings. The third kappa shape index (κ3) is 4.63. The number of benzene rings is 1. The van der Waals surface area contributed by atoms with E-state index in [-0.39, 0.29) is 29.9 Å². The fraction of sp³-hybridized carbons (Fsp3) is 0.636. The van der Waals surface area contributed by atoms with Gasteiger partial charge in [-0.3, -0.25) is 4.79 Å². The molecule has 0 saturated carbocycles. The van der Waals surface area contributed by atoms with Gasteiger partial charge in [0.15, 0.2) is 5.78 Å². The van der Waals surface area contributed by atoms with E-state index in [0.29, 0.717) is 25.0 Å². The molecule has 27 heavy (non-hydrogen) atoms. The molecule has 2 heterocycles. The Kier molecular flexibility index (Phi) is 5.78. The van der Waals surface area contributed by atoms with E-state index >= 15 is 0 Å². The van der Waals surface area contributed by atoms with Crippen molar-refractivity contribution in [3.8, 4) is 5.75 Å². The number of amides is 1. The maximum atomic E-state index is 13.1. The normalized spacial score (nSPS) is 24.6. The number of carbonyl (C=O) groups excluding carboxylic acids is 2. The molecule has 0 aliphatic carbocycles. The van der Waals surface area contributed by atoms with Crippen LogP contribution in [0.5, 0.6) is 5.75 Å². The lowest BCUT2D eigenvalue weighted by Gasteiger charge is -2.39. The quantitative estimate of drug-likeness (QED) is 0.693. The zero-order valence-electron chi connectivity index (χ0n) is 16.9. The summed E-state index contributed by atoms with van der Waals surface area (Å²) in [6.45, 7) is 8.36. The number of piperidine rings is 1. The average Bonchev–Trinajstić information content (AvgIpc) is 2.88. The molecule has 0 aromatic heterocycles. The molecule has 2 aliphatic rings. The van der Waals surface area contributed by atoms with Gasteiger partial charge in [-0.05, 0) is 65.0 Å². The van der Waals surface area contributed by atoms with Gasteiger partial charge in [-0.15, -0.1) is 0 Å². The van der Waals surface area contributed by atoms with Crippen molar-refractivity contribution in [1.29, 1.82) is 0 Å². The highest BCUT2D eigenvalue weighted by atomic mass is 16.6. The van der Waals surface area contributed by atoms with Gasteiger partial charge >= 0.3 is 6.09 Å². The van der Waals surface area contributed by atoms with Crippen molar-refractivity contribution >= 4 is 11.9 Å². The number of carbonyl (C=O) groups is 2. The number of rotatable bonds is 5. The number of fused-ring (bicyclic) bond motifs is 2. The lowest BCUT2D eigenvalue weighted by Crippen LogP contribution is -2.49. The van der Waals surface area contributed by atoms with Crippen molar-refractivity contribution in [1.82, 2.24) is 4.90 Å². The minimum absolute atomic E-state index is 0.0392. The van der Waals surface area contributed by atoms with Gasteiger partial charge in [0.1, 0.15) is 11.4 Å². The SMILES string of the molecule is CCCOc1cccc(C(=O)C2CC3CCC(C2)N3C(=O)OC(C)(C)C)c1. The van der Waals surface area contributed by atoms with Gasteiger partial charge in [-0.2, -0.15) is 0 Å². The Labute approximate surface area is 162 Å². The van der Waals surface area contributed by atoms with Crippen LogP contribution in [0.3, 0.4) is 0 Å². The van der Waals surface area contributed by atoms with Crippen molar-refractivity contribution in [3.05, 3.63) is 29.8 Å². The predicted octanol–water partition coefficient (Wildman–Crippen LogP) is 4.84. The molecule has 1 aromatic rings. The molecule has 1 amide bonds. The van der Waals surface area contributed by atoms with Gasteiger partial charge in [0.2, 0.25) is 0 Å². The second kappa shape index (κ2) is 7.91. The van der Waals surface area contributed by atoms with Crippen molar-refractivity contribution < 1.29 is 19.1 Å². The first kappa shape index (κ1) is 19.7. The molecule has 148 valence electrons. The van der Waals surface area contributed by atoms with Crippen LogP contribution in [0, 0.1) is 5.92 Å². The van der Waals surface area contributed by atoms with Crippen molar-refractivity contribution in [3.63, 3.8) is 0 Å². The Morgan fingerprint density at radius 1 is 1.15 bits per heavy atom. The Morgan fingerprint density at radius 2 is 1.81 bits per heavy atom. The topological polar surface area (TPSA) is 55.8 Å². The Hall–Kier alpha value is -2.04. The van der Waals surface area contributed by atoms with E-state index in [0.717, 1.165) is 25.0 Å². The van der Waals surface area contributed by atoms with Gasteiger partial charge < -0.3 is 14.4 Å². The monoisotopic (exact) mass is 373 g/mol. The van der Waals surface area contributed by atoms with Crippen LogP contribution in [0.4, 0.5) is 4.79 Å². The van der Waals surface area contributed by atoms with E-state index in [1.165, 1.54) is 0 Å². The van der Waals surface area contributed by atoms with E-state index in [1.807, 2.05) is 49.9 Å². The van der Waals surface area contributed by atoms with Crippen LogP contribution in [0.1, 0.15) is 70.2 Å². The minimum atomic E-state index is -0.498. The first-order chi connectivity index (χ1) is 12.8. The van der Waals surface area contributed by atoms with Crippen LogP contribution in [0.25, 0.3) is 0 Å². The lowest BCUT2D eigenvalue weighted by molar-refractivity contribution is 0.00254. The fourth-order valence-corrected chi connectivity index (χ4v) is 4.20. The number of Topliss-reactive ketones (excluding diaryl/α,β-unsaturated/α-hetero) is 1. The van der Waals surface area contributed by atoms with Gasteiger partial charge in [-0.25, -0.2) is 4.79 Å². The molecule has 5 heteroatoms. The Morgan fingerprint density at radius 3 is 2.41 bits per heavy atom. The number of hydrogen-bond donors (Lipinski definition) is 0. The highest BCUT2D eigenvalue weighted by Crippen LogP contribution is 2.40. The van der Waals surface area contributed by atoms with E-state index in [9.17, 15) is 9.59 Å². The van der Waals surface area contributed by atoms with Crippen molar-refractivity contribution in [2.24, 2.45) is 5.92 Å². The lowest BCUT2D eigenvalue weighted by atomic mass is 9.85. The van der Waals surface area contributed by atoms with E-state index in [4.69, 9.17) is 9.47 Å². The Balaban J connectivity index is 1.67.